The summed E-state index contributed by atoms with van der Waals surface area (Å²) in [6, 6.07) is 0. The van der Waals surface area contributed by atoms with Crippen LogP contribution in [0.4, 0.5) is 0 Å². The quantitative estimate of drug-likeness (QED) is 0.364. The number of hydrogen-bond donors (Lipinski definition) is 0. The third-order valence-electron chi connectivity index (χ3n) is 9.68. The molecule has 1 aliphatic heterocycles. The number of nitrogens with zero attached hydrogens (tertiary/aromatic N) is 3. The largest absolute Gasteiger partial charge is 0.342 e. The van der Waals surface area contributed by atoms with E-state index in [0.29, 0.717) is 11.7 Å². The van der Waals surface area contributed by atoms with Crippen LogP contribution in [0.15, 0.2) is 5.03 Å². The predicted molar refractivity (Wildman–Crippen MR) is 140 cm³/mol. The summed E-state index contributed by atoms with van der Waals surface area (Å²) in [6.45, 7) is 4.25. The lowest BCUT2D eigenvalue weighted by Gasteiger charge is -2.56. The van der Waals surface area contributed by atoms with Crippen molar-refractivity contribution in [1.29, 1.82) is 0 Å². The minimum atomic E-state index is 0.201. The Morgan fingerprint density at radius 3 is 2.47 bits per heavy atom. The molecule has 8 rings (SSSR count). The first-order valence-corrected chi connectivity index (χ1v) is 15.6. The summed E-state index contributed by atoms with van der Waals surface area (Å²) in [7, 11) is 0. The van der Waals surface area contributed by atoms with Gasteiger partial charge in [-0.05, 0) is 106 Å². The number of hydrogen-bond acceptors (Lipinski definition) is 5. The molecule has 1 atom stereocenters. The Kier molecular flexibility index (Phi) is 5.50. The van der Waals surface area contributed by atoms with Gasteiger partial charge in [0.25, 0.3) is 0 Å². The minimum Gasteiger partial charge on any atom is -0.342 e. The summed E-state index contributed by atoms with van der Waals surface area (Å²) in [6.07, 6.45) is 15.4. The predicted octanol–water partition coefficient (Wildman–Crippen LogP) is 6.39. The maximum atomic E-state index is 13.0. The lowest BCUT2D eigenvalue weighted by Crippen LogP contribution is -2.49. The van der Waals surface area contributed by atoms with Crippen LogP contribution in [0.25, 0.3) is 10.2 Å². The Labute approximate surface area is 211 Å². The van der Waals surface area contributed by atoms with Gasteiger partial charge in [0.2, 0.25) is 5.91 Å². The standard InChI is InChI=1S/C28H37N3OS2/c1-17-5-6-21-22(9-17)34-26-24(21)25(33-16-23(32)31-7-3-2-4-8-31)29-27(30-26)28-13-18-10-19(14-28)12-20(11-18)15-28/h17-20H,2-16H2,1H3. The second kappa shape index (κ2) is 8.47. The number of aromatic nitrogens is 2. The molecule has 6 heteroatoms. The maximum Gasteiger partial charge on any atom is 0.232 e. The molecule has 3 heterocycles. The average molecular weight is 496 g/mol. The van der Waals surface area contributed by atoms with E-state index in [0.717, 1.165) is 66.9 Å². The minimum absolute atomic E-state index is 0.201. The molecule has 4 bridgehead atoms. The number of rotatable bonds is 4. The van der Waals surface area contributed by atoms with Gasteiger partial charge in [0, 0.05) is 28.8 Å². The van der Waals surface area contributed by atoms with Gasteiger partial charge in [-0.3, -0.25) is 4.79 Å². The fourth-order valence-electron chi connectivity index (χ4n) is 8.40. The zero-order chi connectivity index (χ0) is 22.9. The lowest BCUT2D eigenvalue weighted by molar-refractivity contribution is -0.129. The van der Waals surface area contributed by atoms with Crippen molar-refractivity contribution in [3.8, 4) is 0 Å². The summed E-state index contributed by atoms with van der Waals surface area (Å²) in [4.78, 5) is 28.7. The van der Waals surface area contributed by atoms with E-state index in [1.807, 2.05) is 11.3 Å². The molecule has 1 amide bonds. The lowest BCUT2D eigenvalue weighted by atomic mass is 9.49. The molecule has 182 valence electrons. The van der Waals surface area contributed by atoms with Gasteiger partial charge in [-0.2, -0.15) is 0 Å². The highest BCUT2D eigenvalue weighted by Crippen LogP contribution is 2.60. The number of amides is 1. The van der Waals surface area contributed by atoms with Gasteiger partial charge in [0.1, 0.15) is 15.7 Å². The van der Waals surface area contributed by atoms with Crippen molar-refractivity contribution in [3.63, 3.8) is 0 Å². The normalized spacial score (nSPS) is 34.6. The first-order chi connectivity index (χ1) is 16.6. The second-order valence-electron chi connectivity index (χ2n) is 12.3. The molecule has 4 saturated carbocycles. The molecule has 6 aliphatic rings. The molecule has 2 aromatic heterocycles. The molecule has 4 nitrogen and oxygen atoms in total. The van der Waals surface area contributed by atoms with Crippen LogP contribution >= 0.6 is 23.1 Å². The highest BCUT2D eigenvalue weighted by molar-refractivity contribution is 8.00. The first-order valence-electron chi connectivity index (χ1n) is 13.8. The Morgan fingerprint density at radius 1 is 1.06 bits per heavy atom. The van der Waals surface area contributed by atoms with Crippen molar-refractivity contribution in [2.24, 2.45) is 23.7 Å². The van der Waals surface area contributed by atoms with Crippen LogP contribution in [-0.4, -0.2) is 39.6 Å². The Bertz CT molecular complexity index is 1080. The summed E-state index contributed by atoms with van der Waals surface area (Å²) in [5, 5.41) is 2.42. The van der Waals surface area contributed by atoms with Crippen molar-refractivity contribution in [2.45, 2.75) is 94.4 Å². The number of thiophene rings is 1. The highest BCUT2D eigenvalue weighted by Gasteiger charge is 2.53. The smallest absolute Gasteiger partial charge is 0.232 e. The fourth-order valence-corrected chi connectivity index (χ4v) is 10.8. The van der Waals surface area contributed by atoms with Crippen molar-refractivity contribution >= 4 is 39.2 Å². The number of fused-ring (bicyclic) bond motifs is 3. The summed E-state index contributed by atoms with van der Waals surface area (Å²) in [5.74, 6) is 5.38. The van der Waals surface area contributed by atoms with Crippen LogP contribution in [0.3, 0.4) is 0 Å². The van der Waals surface area contributed by atoms with Gasteiger partial charge >= 0.3 is 0 Å². The number of aryl methyl sites for hydroxylation is 1. The fraction of sp³-hybridized carbons (Fsp3) is 0.750. The van der Waals surface area contributed by atoms with E-state index in [1.54, 1.807) is 11.8 Å². The van der Waals surface area contributed by atoms with Gasteiger partial charge in [-0.1, -0.05) is 18.7 Å². The molecular weight excluding hydrogens is 458 g/mol. The van der Waals surface area contributed by atoms with Crippen LogP contribution < -0.4 is 0 Å². The third kappa shape index (κ3) is 3.73. The van der Waals surface area contributed by atoms with Gasteiger partial charge in [0.15, 0.2) is 0 Å². The number of carbonyl (C=O) groups excluding carboxylic acids is 1. The Morgan fingerprint density at radius 2 is 1.76 bits per heavy atom. The molecular formula is C28H37N3OS2. The highest BCUT2D eigenvalue weighted by atomic mass is 32.2. The average Bonchev–Trinajstić information content (AvgIpc) is 3.19. The Hall–Kier alpha value is -1.14. The van der Waals surface area contributed by atoms with Crippen molar-refractivity contribution in [2.75, 3.05) is 18.8 Å². The van der Waals surface area contributed by atoms with E-state index >= 15 is 0 Å². The Balaban J connectivity index is 1.27. The number of carbonyl (C=O) groups is 1. The zero-order valence-corrected chi connectivity index (χ0v) is 22.1. The molecule has 1 saturated heterocycles. The van der Waals surface area contributed by atoms with E-state index in [4.69, 9.17) is 9.97 Å². The topological polar surface area (TPSA) is 46.1 Å². The molecule has 5 fully saturated rings. The van der Waals surface area contributed by atoms with Crippen LogP contribution in [0, 0.1) is 23.7 Å². The molecule has 0 spiro atoms. The maximum absolute atomic E-state index is 13.0. The third-order valence-corrected chi connectivity index (χ3v) is 11.8. The van der Waals surface area contributed by atoms with Crippen LogP contribution in [0.2, 0.25) is 0 Å². The molecule has 5 aliphatic carbocycles. The van der Waals surface area contributed by atoms with Crippen molar-refractivity contribution in [1.82, 2.24) is 14.9 Å². The van der Waals surface area contributed by atoms with Crippen molar-refractivity contribution < 1.29 is 4.79 Å². The molecule has 0 radical (unpaired) electrons. The molecule has 0 N–H and O–H groups in total. The molecule has 2 aromatic rings. The van der Waals surface area contributed by atoms with Crippen molar-refractivity contribution in [3.05, 3.63) is 16.3 Å². The summed E-state index contributed by atoms with van der Waals surface area (Å²) < 4.78 is 0. The van der Waals surface area contributed by atoms with E-state index in [2.05, 4.69) is 11.8 Å². The van der Waals surface area contributed by atoms with Crippen LogP contribution in [-0.2, 0) is 23.1 Å². The SMILES string of the molecule is CC1CCc2c(sc3nc(C45CC6CC(CC(C6)C4)C5)nc(SCC(=O)N4CCCCC4)c23)C1. The summed E-state index contributed by atoms with van der Waals surface area (Å²) in [5.41, 5.74) is 1.70. The van der Waals surface area contributed by atoms with Gasteiger partial charge in [-0.15, -0.1) is 11.3 Å². The summed E-state index contributed by atoms with van der Waals surface area (Å²) >= 11 is 3.65. The first kappa shape index (κ1) is 22.1. The van der Waals surface area contributed by atoms with Gasteiger partial charge < -0.3 is 4.90 Å². The number of piperidine rings is 1. The monoisotopic (exact) mass is 495 g/mol. The van der Waals surface area contributed by atoms with Gasteiger partial charge in [-0.25, -0.2) is 9.97 Å². The van der Waals surface area contributed by atoms with Gasteiger partial charge in [0.05, 0.1) is 5.75 Å². The second-order valence-corrected chi connectivity index (χ2v) is 14.4. The van der Waals surface area contributed by atoms with E-state index in [1.165, 1.54) is 78.4 Å². The molecule has 1 unspecified atom stereocenters. The van der Waals surface area contributed by atoms with E-state index in [-0.39, 0.29) is 5.41 Å². The van der Waals surface area contributed by atoms with Crippen LogP contribution in [0.5, 0.6) is 0 Å². The van der Waals surface area contributed by atoms with E-state index < -0.39 is 0 Å². The molecule has 0 aromatic carbocycles. The number of thioether (sulfide) groups is 1. The van der Waals surface area contributed by atoms with E-state index in [9.17, 15) is 4.79 Å². The zero-order valence-electron chi connectivity index (χ0n) is 20.5. The molecule has 34 heavy (non-hydrogen) atoms. The van der Waals surface area contributed by atoms with Crippen LogP contribution in [0.1, 0.15) is 87.4 Å². The number of likely N-dealkylation sites (tertiary alicyclic amines) is 1.